The van der Waals surface area contributed by atoms with E-state index in [1.165, 1.54) is 11.1 Å². The molecule has 2 nitrogen and oxygen atoms in total. The summed E-state index contributed by atoms with van der Waals surface area (Å²) in [6, 6.07) is 28.2. The van der Waals surface area contributed by atoms with Crippen LogP contribution in [0.1, 0.15) is 11.1 Å². The van der Waals surface area contributed by atoms with Gasteiger partial charge in [-0.3, -0.25) is 0 Å². The molecule has 0 saturated carbocycles. The Morgan fingerprint density at radius 2 is 1.17 bits per heavy atom. The minimum atomic E-state index is 0.663. The second-order valence-corrected chi connectivity index (χ2v) is 5.35. The van der Waals surface area contributed by atoms with Crippen LogP contribution in [0, 0.1) is 0 Å². The van der Waals surface area contributed by atoms with Crippen molar-refractivity contribution in [3.8, 4) is 11.5 Å². The van der Waals surface area contributed by atoms with Gasteiger partial charge in [0.25, 0.3) is 0 Å². The molecule has 0 aliphatic rings. The van der Waals surface area contributed by atoms with Gasteiger partial charge in [-0.25, -0.2) is 0 Å². The van der Waals surface area contributed by atoms with Crippen LogP contribution in [0.15, 0.2) is 84.9 Å². The van der Waals surface area contributed by atoms with Crippen molar-refractivity contribution in [1.82, 2.24) is 0 Å². The average molecular weight is 304 g/mol. The molecule has 0 unspecified atom stereocenters. The van der Waals surface area contributed by atoms with Crippen molar-refractivity contribution < 1.29 is 9.47 Å². The minimum absolute atomic E-state index is 0.663. The summed E-state index contributed by atoms with van der Waals surface area (Å²) in [7, 11) is 0. The van der Waals surface area contributed by atoms with Crippen molar-refractivity contribution in [1.29, 1.82) is 0 Å². The quantitative estimate of drug-likeness (QED) is 0.556. The molecule has 0 bridgehead atoms. The summed E-state index contributed by atoms with van der Waals surface area (Å²) in [6.45, 7) is 1.38. The fourth-order valence-corrected chi connectivity index (χ4v) is 2.30. The highest BCUT2D eigenvalue weighted by Gasteiger charge is 1.98. The lowest BCUT2D eigenvalue weighted by molar-refractivity contribution is 0.124. The molecule has 0 aromatic heterocycles. The third kappa shape index (κ3) is 4.97. The van der Waals surface area contributed by atoms with Crippen molar-refractivity contribution in [3.63, 3.8) is 0 Å². The van der Waals surface area contributed by atoms with Gasteiger partial charge in [-0.05, 0) is 41.8 Å². The Hall–Kier alpha value is -2.58. The van der Waals surface area contributed by atoms with E-state index in [1.54, 1.807) is 0 Å². The Morgan fingerprint density at radius 1 is 0.565 bits per heavy atom. The van der Waals surface area contributed by atoms with Crippen molar-refractivity contribution in [2.24, 2.45) is 0 Å². The normalized spacial score (nSPS) is 10.4. The molecule has 0 heterocycles. The van der Waals surface area contributed by atoms with Gasteiger partial charge < -0.3 is 9.47 Å². The van der Waals surface area contributed by atoms with Crippen LogP contribution < -0.4 is 4.74 Å². The monoisotopic (exact) mass is 304 g/mol. The standard InChI is InChI=1S/C21H20O2/c1-3-7-19(8-4-1)17-22-16-15-18-11-13-21(14-12-18)23-20-9-5-2-6-10-20/h1-14H,15-17H2. The molecule has 0 aliphatic heterocycles. The highest BCUT2D eigenvalue weighted by atomic mass is 16.5. The lowest BCUT2D eigenvalue weighted by atomic mass is 10.1. The van der Waals surface area contributed by atoms with Crippen LogP contribution in [0.3, 0.4) is 0 Å². The van der Waals surface area contributed by atoms with Gasteiger partial charge in [0, 0.05) is 0 Å². The van der Waals surface area contributed by atoms with Gasteiger partial charge >= 0.3 is 0 Å². The zero-order chi connectivity index (χ0) is 15.7. The number of para-hydroxylation sites is 1. The topological polar surface area (TPSA) is 18.5 Å². The van der Waals surface area contributed by atoms with E-state index in [4.69, 9.17) is 9.47 Å². The van der Waals surface area contributed by atoms with Gasteiger partial charge in [0.1, 0.15) is 11.5 Å². The second kappa shape index (κ2) is 8.16. The van der Waals surface area contributed by atoms with Gasteiger partial charge in [-0.15, -0.1) is 0 Å². The molecule has 0 N–H and O–H groups in total. The number of ether oxygens (including phenoxy) is 2. The largest absolute Gasteiger partial charge is 0.457 e. The molecule has 3 aromatic rings. The van der Waals surface area contributed by atoms with Crippen LogP contribution in [-0.2, 0) is 17.8 Å². The molecule has 116 valence electrons. The van der Waals surface area contributed by atoms with E-state index >= 15 is 0 Å². The van der Waals surface area contributed by atoms with Crippen molar-refractivity contribution in [2.45, 2.75) is 13.0 Å². The predicted octanol–water partition coefficient (Wildman–Crippen LogP) is 5.24. The third-order valence-electron chi connectivity index (χ3n) is 3.55. The number of hydrogen-bond acceptors (Lipinski definition) is 2. The van der Waals surface area contributed by atoms with Crippen LogP contribution in [-0.4, -0.2) is 6.61 Å². The van der Waals surface area contributed by atoms with Gasteiger partial charge in [0.15, 0.2) is 0 Å². The Kier molecular flexibility index (Phi) is 5.43. The molecule has 0 aliphatic carbocycles. The summed E-state index contributed by atoms with van der Waals surface area (Å²) in [5.41, 5.74) is 2.46. The zero-order valence-electron chi connectivity index (χ0n) is 13.0. The number of rotatable bonds is 7. The Morgan fingerprint density at radius 3 is 1.87 bits per heavy atom. The summed E-state index contributed by atoms with van der Waals surface area (Å²) in [4.78, 5) is 0. The zero-order valence-corrected chi connectivity index (χ0v) is 13.0. The van der Waals surface area contributed by atoms with Crippen LogP contribution in [0.5, 0.6) is 11.5 Å². The van der Waals surface area contributed by atoms with E-state index in [-0.39, 0.29) is 0 Å². The summed E-state index contributed by atoms with van der Waals surface area (Å²) >= 11 is 0. The Labute approximate surface area is 137 Å². The summed E-state index contributed by atoms with van der Waals surface area (Å²) in [5, 5.41) is 0. The van der Waals surface area contributed by atoms with Crippen LogP contribution >= 0.6 is 0 Å². The summed E-state index contributed by atoms with van der Waals surface area (Å²) in [5.74, 6) is 1.71. The van der Waals surface area contributed by atoms with Crippen molar-refractivity contribution in [2.75, 3.05) is 6.61 Å². The molecule has 2 heteroatoms. The Balaban J connectivity index is 1.44. The maximum absolute atomic E-state index is 5.79. The first-order valence-electron chi connectivity index (χ1n) is 7.84. The van der Waals surface area contributed by atoms with Gasteiger partial charge in [0.05, 0.1) is 13.2 Å². The van der Waals surface area contributed by atoms with Gasteiger partial charge in [0.2, 0.25) is 0 Å². The summed E-state index contributed by atoms with van der Waals surface area (Å²) < 4.78 is 11.5. The average Bonchev–Trinajstić information content (AvgIpc) is 2.62. The van der Waals surface area contributed by atoms with E-state index in [1.807, 2.05) is 60.7 Å². The molecule has 0 spiro atoms. The fourth-order valence-electron chi connectivity index (χ4n) is 2.30. The molecule has 0 amide bonds. The molecule has 0 radical (unpaired) electrons. The predicted molar refractivity (Wildman–Crippen MR) is 92.8 cm³/mol. The maximum atomic E-state index is 5.79. The van der Waals surface area contributed by atoms with E-state index in [0.29, 0.717) is 13.2 Å². The lowest BCUT2D eigenvalue weighted by Gasteiger charge is -2.07. The molecule has 0 fully saturated rings. The van der Waals surface area contributed by atoms with E-state index in [9.17, 15) is 0 Å². The van der Waals surface area contributed by atoms with E-state index in [2.05, 4.69) is 24.3 Å². The van der Waals surface area contributed by atoms with Crippen LogP contribution in [0.4, 0.5) is 0 Å². The lowest BCUT2D eigenvalue weighted by Crippen LogP contribution is -1.99. The minimum Gasteiger partial charge on any atom is -0.457 e. The SMILES string of the molecule is c1ccc(COCCc2ccc(Oc3ccccc3)cc2)cc1. The van der Waals surface area contributed by atoms with Crippen LogP contribution in [0.2, 0.25) is 0 Å². The number of hydrogen-bond donors (Lipinski definition) is 0. The van der Waals surface area contributed by atoms with Crippen LogP contribution in [0.25, 0.3) is 0 Å². The molecule has 3 rings (SSSR count). The van der Waals surface area contributed by atoms with Crippen molar-refractivity contribution >= 4 is 0 Å². The molecular weight excluding hydrogens is 284 g/mol. The Bertz CT molecular complexity index is 691. The fraction of sp³-hybridized carbons (Fsp3) is 0.143. The van der Waals surface area contributed by atoms with Gasteiger partial charge in [-0.1, -0.05) is 60.7 Å². The molecule has 0 atom stereocenters. The van der Waals surface area contributed by atoms with E-state index in [0.717, 1.165) is 17.9 Å². The summed E-state index contributed by atoms with van der Waals surface area (Å²) in [6.07, 6.45) is 0.901. The second-order valence-electron chi connectivity index (χ2n) is 5.35. The highest BCUT2D eigenvalue weighted by molar-refractivity contribution is 5.33. The molecular formula is C21H20O2. The third-order valence-corrected chi connectivity index (χ3v) is 3.55. The van der Waals surface area contributed by atoms with E-state index < -0.39 is 0 Å². The molecule has 3 aromatic carbocycles. The first-order valence-corrected chi connectivity index (χ1v) is 7.84. The van der Waals surface area contributed by atoms with Crippen molar-refractivity contribution in [3.05, 3.63) is 96.1 Å². The highest BCUT2D eigenvalue weighted by Crippen LogP contribution is 2.21. The molecule has 23 heavy (non-hydrogen) atoms. The maximum Gasteiger partial charge on any atom is 0.127 e. The number of benzene rings is 3. The smallest absolute Gasteiger partial charge is 0.127 e. The molecule has 0 saturated heterocycles. The first-order chi connectivity index (χ1) is 11.4. The first kappa shape index (κ1) is 15.3. The van der Waals surface area contributed by atoms with Gasteiger partial charge in [-0.2, -0.15) is 0 Å².